The van der Waals surface area contributed by atoms with Crippen LogP contribution in [0.1, 0.15) is 29.9 Å². The summed E-state index contributed by atoms with van der Waals surface area (Å²) in [5.74, 6) is 0.313. The number of benzene rings is 2. The van der Waals surface area contributed by atoms with Crippen LogP contribution in [-0.4, -0.2) is 49.5 Å². The summed E-state index contributed by atoms with van der Waals surface area (Å²) in [7, 11) is 1.98. The van der Waals surface area contributed by atoms with Gasteiger partial charge in [-0.25, -0.2) is 0 Å². The Balaban J connectivity index is 1.60. The molecule has 0 unspecified atom stereocenters. The van der Waals surface area contributed by atoms with Crippen LogP contribution in [0.3, 0.4) is 0 Å². The molecular weight excluding hydrogens is 403 g/mol. The fraction of sp³-hybridized carbons (Fsp3) is 0.417. The van der Waals surface area contributed by atoms with E-state index in [9.17, 15) is 13.2 Å². The molecule has 4 rings (SSSR count). The van der Waals surface area contributed by atoms with E-state index in [0.29, 0.717) is 17.2 Å². The van der Waals surface area contributed by atoms with Crippen molar-refractivity contribution in [1.82, 2.24) is 15.2 Å². The fourth-order valence-corrected chi connectivity index (χ4v) is 4.51. The number of hydrogen-bond acceptors (Lipinski definition) is 3. The minimum atomic E-state index is -4.73. The van der Waals surface area contributed by atoms with Gasteiger partial charge in [-0.2, -0.15) is 0 Å². The first-order valence-electron chi connectivity index (χ1n) is 10.7. The Bertz CT molecular complexity index is 1040. The summed E-state index contributed by atoms with van der Waals surface area (Å²) in [5, 5.41) is 4.25. The number of hydrogen-bond donors (Lipinski definition) is 2. The molecule has 0 bridgehead atoms. The largest absolute Gasteiger partial charge is 0.573 e. The number of H-pyrrole nitrogens is 1. The highest BCUT2D eigenvalue weighted by molar-refractivity contribution is 5.92. The summed E-state index contributed by atoms with van der Waals surface area (Å²) in [6, 6.07) is 12.7. The van der Waals surface area contributed by atoms with Gasteiger partial charge in [0.15, 0.2) is 0 Å². The highest BCUT2D eigenvalue weighted by Crippen LogP contribution is 2.39. The second-order valence-electron chi connectivity index (χ2n) is 8.19. The number of halogens is 3. The fourth-order valence-electron chi connectivity index (χ4n) is 4.51. The lowest BCUT2D eigenvalue weighted by molar-refractivity contribution is -0.274. The molecule has 2 N–H and O–H groups in total. The zero-order chi connectivity index (χ0) is 22.0. The molecule has 0 saturated carbocycles. The third-order valence-corrected chi connectivity index (χ3v) is 6.20. The molecule has 0 aliphatic carbocycles. The number of ether oxygens (including phenoxy) is 1. The minimum Gasteiger partial charge on any atom is -0.405 e. The molecule has 31 heavy (non-hydrogen) atoms. The van der Waals surface area contributed by atoms with Crippen LogP contribution in [-0.2, 0) is 0 Å². The van der Waals surface area contributed by atoms with E-state index in [1.54, 1.807) is 18.2 Å². The van der Waals surface area contributed by atoms with E-state index in [4.69, 9.17) is 0 Å². The summed E-state index contributed by atoms with van der Waals surface area (Å²) in [5.41, 5.74) is 4.22. The summed E-state index contributed by atoms with van der Waals surface area (Å²) in [6.45, 7) is 6.19. The molecule has 166 valence electrons. The van der Waals surface area contributed by atoms with Crippen molar-refractivity contribution in [1.29, 1.82) is 0 Å². The molecule has 1 aromatic heterocycles. The Morgan fingerprint density at radius 1 is 1.13 bits per heavy atom. The second-order valence-corrected chi connectivity index (χ2v) is 8.19. The van der Waals surface area contributed by atoms with Gasteiger partial charge in [0, 0.05) is 29.6 Å². The lowest BCUT2D eigenvalue weighted by Crippen LogP contribution is -2.37. The van der Waals surface area contributed by atoms with Crippen LogP contribution in [0.4, 0.5) is 13.2 Å². The van der Waals surface area contributed by atoms with Crippen LogP contribution in [0.5, 0.6) is 5.75 Å². The SMILES string of the molecule is CNCCN1CCC(c2ccc3[nH]c(-c4ccccc4OC(F)(F)F)c(C)c3c2)CC1. The Hall–Kier alpha value is -2.51. The van der Waals surface area contributed by atoms with Crippen molar-refractivity contribution in [2.45, 2.75) is 32.0 Å². The Labute approximate surface area is 180 Å². The van der Waals surface area contributed by atoms with Gasteiger partial charge >= 0.3 is 6.36 Å². The van der Waals surface area contributed by atoms with E-state index < -0.39 is 6.36 Å². The number of nitrogens with zero attached hydrogens (tertiary/aromatic N) is 1. The van der Waals surface area contributed by atoms with Gasteiger partial charge < -0.3 is 19.9 Å². The van der Waals surface area contributed by atoms with Gasteiger partial charge in [0.1, 0.15) is 5.75 Å². The van der Waals surface area contributed by atoms with Gasteiger partial charge in [-0.15, -0.1) is 13.2 Å². The van der Waals surface area contributed by atoms with Crippen molar-refractivity contribution in [3.63, 3.8) is 0 Å². The molecule has 0 radical (unpaired) electrons. The predicted molar refractivity (Wildman–Crippen MR) is 117 cm³/mol. The molecule has 2 aromatic carbocycles. The van der Waals surface area contributed by atoms with Crippen LogP contribution in [0, 0.1) is 6.92 Å². The molecule has 7 heteroatoms. The van der Waals surface area contributed by atoms with E-state index in [2.05, 4.69) is 32.1 Å². The number of para-hydroxylation sites is 1. The molecule has 0 atom stereocenters. The Morgan fingerprint density at radius 2 is 1.87 bits per heavy atom. The molecule has 4 nitrogen and oxygen atoms in total. The summed E-state index contributed by atoms with van der Waals surface area (Å²) < 4.78 is 42.8. The van der Waals surface area contributed by atoms with Crippen molar-refractivity contribution >= 4 is 10.9 Å². The van der Waals surface area contributed by atoms with E-state index in [1.165, 1.54) is 11.6 Å². The highest BCUT2D eigenvalue weighted by Gasteiger charge is 2.32. The first-order chi connectivity index (χ1) is 14.9. The van der Waals surface area contributed by atoms with Crippen molar-refractivity contribution in [2.75, 3.05) is 33.2 Å². The Kier molecular flexibility index (Phi) is 6.25. The van der Waals surface area contributed by atoms with Crippen molar-refractivity contribution in [3.8, 4) is 17.0 Å². The molecule has 1 aliphatic rings. The topological polar surface area (TPSA) is 40.3 Å². The van der Waals surface area contributed by atoms with Crippen molar-refractivity contribution in [3.05, 3.63) is 53.6 Å². The van der Waals surface area contributed by atoms with Crippen LogP contribution < -0.4 is 10.1 Å². The number of aromatic amines is 1. The average Bonchev–Trinajstić information content (AvgIpc) is 3.08. The number of likely N-dealkylation sites (tertiary alicyclic amines) is 1. The van der Waals surface area contributed by atoms with Gasteiger partial charge in [0.2, 0.25) is 0 Å². The van der Waals surface area contributed by atoms with Crippen LogP contribution in [0.2, 0.25) is 0 Å². The zero-order valence-electron chi connectivity index (χ0n) is 17.9. The number of rotatable bonds is 6. The summed E-state index contributed by atoms with van der Waals surface area (Å²) in [4.78, 5) is 5.79. The van der Waals surface area contributed by atoms with E-state index in [1.807, 2.05) is 20.0 Å². The number of alkyl halides is 3. The maximum atomic E-state index is 12.9. The Morgan fingerprint density at radius 3 is 2.58 bits per heavy atom. The van der Waals surface area contributed by atoms with Crippen LogP contribution >= 0.6 is 0 Å². The average molecular weight is 432 g/mol. The van der Waals surface area contributed by atoms with Gasteiger partial charge in [-0.3, -0.25) is 0 Å². The molecule has 0 spiro atoms. The molecule has 1 aliphatic heterocycles. The molecule has 0 amide bonds. The van der Waals surface area contributed by atoms with E-state index >= 15 is 0 Å². The maximum Gasteiger partial charge on any atom is 0.573 e. The quantitative estimate of drug-likeness (QED) is 0.546. The van der Waals surface area contributed by atoms with Crippen LogP contribution in [0.15, 0.2) is 42.5 Å². The first kappa shape index (κ1) is 21.7. The van der Waals surface area contributed by atoms with Gasteiger partial charge in [-0.05, 0) is 81.2 Å². The summed E-state index contributed by atoms with van der Waals surface area (Å²) in [6.07, 6.45) is -2.49. The number of piperidine rings is 1. The van der Waals surface area contributed by atoms with E-state index in [-0.39, 0.29) is 5.75 Å². The van der Waals surface area contributed by atoms with Crippen LogP contribution in [0.25, 0.3) is 22.2 Å². The third-order valence-electron chi connectivity index (χ3n) is 6.20. The number of fused-ring (bicyclic) bond motifs is 1. The van der Waals surface area contributed by atoms with Gasteiger partial charge in [0.25, 0.3) is 0 Å². The van der Waals surface area contributed by atoms with Crippen molar-refractivity contribution in [2.24, 2.45) is 0 Å². The standard InChI is InChI=1S/C24H28F3N3O/c1-16-20-15-18(17-9-12-30(13-10-17)14-11-28-2)7-8-21(20)29-23(16)19-5-3-4-6-22(19)31-24(25,26)27/h3-8,15,17,28-29H,9-14H2,1-2H3. The molecule has 3 aromatic rings. The second kappa shape index (κ2) is 8.93. The lowest BCUT2D eigenvalue weighted by atomic mass is 9.88. The van der Waals surface area contributed by atoms with Gasteiger partial charge in [0.05, 0.1) is 5.69 Å². The number of aromatic nitrogens is 1. The maximum absolute atomic E-state index is 12.9. The lowest BCUT2D eigenvalue weighted by Gasteiger charge is -2.32. The molecule has 1 fully saturated rings. The molecular formula is C24H28F3N3O. The first-order valence-corrected chi connectivity index (χ1v) is 10.7. The monoisotopic (exact) mass is 431 g/mol. The van der Waals surface area contributed by atoms with Crippen molar-refractivity contribution < 1.29 is 17.9 Å². The molecule has 1 saturated heterocycles. The third kappa shape index (κ3) is 4.88. The number of nitrogens with one attached hydrogen (secondary N) is 2. The van der Waals surface area contributed by atoms with E-state index in [0.717, 1.165) is 55.5 Å². The number of aryl methyl sites for hydroxylation is 1. The normalized spacial score (nSPS) is 16.2. The minimum absolute atomic E-state index is 0.196. The highest BCUT2D eigenvalue weighted by atomic mass is 19.4. The summed E-state index contributed by atoms with van der Waals surface area (Å²) >= 11 is 0. The van der Waals surface area contributed by atoms with Gasteiger partial charge in [-0.1, -0.05) is 18.2 Å². The smallest absolute Gasteiger partial charge is 0.405 e. The molecule has 2 heterocycles. The number of likely N-dealkylation sites (N-methyl/N-ethyl adjacent to an activating group) is 1. The zero-order valence-corrected chi connectivity index (χ0v) is 17.9. The predicted octanol–water partition coefficient (Wildman–Crippen LogP) is 5.44.